The highest BCUT2D eigenvalue weighted by atomic mass is 16.5. The molecule has 1 aliphatic heterocycles. The summed E-state index contributed by atoms with van der Waals surface area (Å²) in [6, 6.07) is 5.96. The monoisotopic (exact) mass is 264 g/mol. The van der Waals surface area contributed by atoms with Crippen LogP contribution in [0.2, 0.25) is 0 Å². The Hall–Kier alpha value is -1.59. The normalized spacial score (nSPS) is 17.3. The summed E-state index contributed by atoms with van der Waals surface area (Å²) in [6.45, 7) is 3.92. The number of rotatable bonds is 6. The van der Waals surface area contributed by atoms with E-state index in [-0.39, 0.29) is 0 Å². The first-order valence-electron chi connectivity index (χ1n) is 6.60. The number of hydrogen-bond donors (Lipinski definition) is 2. The maximum atomic E-state index is 10.7. The Balaban J connectivity index is 1.79. The van der Waals surface area contributed by atoms with Crippen LogP contribution in [0, 0.1) is 0 Å². The minimum Gasteiger partial charge on any atom is -0.492 e. The van der Waals surface area contributed by atoms with Gasteiger partial charge in [-0.1, -0.05) is 12.1 Å². The first kappa shape index (κ1) is 13.8. The minimum atomic E-state index is -1.03. The van der Waals surface area contributed by atoms with Crippen LogP contribution in [0.3, 0.4) is 0 Å². The highest BCUT2D eigenvalue weighted by Gasteiger charge is 2.14. The van der Waals surface area contributed by atoms with Crippen molar-refractivity contribution in [2.75, 3.05) is 26.2 Å². The van der Waals surface area contributed by atoms with Gasteiger partial charge in [0, 0.05) is 6.54 Å². The quantitative estimate of drug-likeness (QED) is 0.808. The smallest absolute Gasteiger partial charge is 0.325 e. The summed E-state index contributed by atoms with van der Waals surface area (Å²) >= 11 is 0. The molecule has 1 unspecified atom stereocenters. The van der Waals surface area contributed by atoms with E-state index in [9.17, 15) is 4.79 Å². The molecule has 0 radical (unpaired) electrons. The number of nitrogens with zero attached hydrogens (tertiary/aromatic N) is 1. The molecule has 1 fully saturated rings. The third-order valence-electron chi connectivity index (χ3n) is 3.38. The minimum absolute atomic E-state index is 0.583. The topological polar surface area (TPSA) is 75.8 Å². The Morgan fingerprint density at radius 3 is 2.53 bits per heavy atom. The summed E-state index contributed by atoms with van der Waals surface area (Å²) in [5.41, 5.74) is 6.11. The maximum Gasteiger partial charge on any atom is 0.325 e. The van der Waals surface area contributed by atoms with E-state index in [4.69, 9.17) is 15.6 Å². The molecule has 1 aliphatic rings. The van der Waals surface area contributed by atoms with Crippen LogP contribution in [-0.4, -0.2) is 42.2 Å². The Bertz CT molecular complexity index is 413. The number of carboxylic acid groups (broad SMARTS) is 1. The molecule has 5 nitrogen and oxygen atoms in total. The number of hydrogen-bond acceptors (Lipinski definition) is 4. The van der Waals surface area contributed by atoms with Gasteiger partial charge in [-0.25, -0.2) is 0 Å². The van der Waals surface area contributed by atoms with E-state index < -0.39 is 12.0 Å². The van der Waals surface area contributed by atoms with E-state index in [2.05, 4.69) is 4.90 Å². The van der Waals surface area contributed by atoms with Crippen molar-refractivity contribution >= 4 is 5.97 Å². The van der Waals surface area contributed by atoms with Crippen molar-refractivity contribution in [3.05, 3.63) is 29.8 Å². The number of nitrogens with two attached hydrogens (primary N) is 1. The second-order valence-corrected chi connectivity index (χ2v) is 4.78. The lowest BCUT2D eigenvalue weighted by molar-refractivity contribution is -0.138. The van der Waals surface area contributed by atoms with Crippen LogP contribution in [0.1, 0.15) is 24.4 Å². The SMILES string of the molecule is NC(C(=O)O)c1ccc(OCCN2CCCC2)cc1. The number of benzene rings is 1. The van der Waals surface area contributed by atoms with Crippen molar-refractivity contribution in [1.82, 2.24) is 4.90 Å². The number of likely N-dealkylation sites (tertiary alicyclic amines) is 1. The zero-order chi connectivity index (χ0) is 13.7. The van der Waals surface area contributed by atoms with Crippen molar-refractivity contribution < 1.29 is 14.6 Å². The zero-order valence-electron chi connectivity index (χ0n) is 10.9. The standard InChI is InChI=1S/C14H20N2O3/c15-13(14(17)18)11-3-5-12(6-4-11)19-10-9-16-7-1-2-8-16/h3-6,13H,1-2,7-10,15H2,(H,17,18). The second kappa shape index (κ2) is 6.54. The van der Waals surface area contributed by atoms with E-state index in [1.54, 1.807) is 24.3 Å². The number of ether oxygens (including phenoxy) is 1. The predicted octanol–water partition coefficient (Wildman–Crippen LogP) is 1.25. The van der Waals surface area contributed by atoms with Crippen molar-refractivity contribution in [3.63, 3.8) is 0 Å². The largest absolute Gasteiger partial charge is 0.492 e. The third-order valence-corrected chi connectivity index (χ3v) is 3.38. The van der Waals surface area contributed by atoms with Gasteiger partial charge in [0.15, 0.2) is 0 Å². The number of carboxylic acids is 1. The van der Waals surface area contributed by atoms with Crippen LogP contribution in [0.25, 0.3) is 0 Å². The second-order valence-electron chi connectivity index (χ2n) is 4.78. The summed E-state index contributed by atoms with van der Waals surface area (Å²) in [6.07, 6.45) is 2.56. The van der Waals surface area contributed by atoms with Crippen LogP contribution in [0.5, 0.6) is 5.75 Å². The van der Waals surface area contributed by atoms with Gasteiger partial charge in [-0.2, -0.15) is 0 Å². The highest BCUT2D eigenvalue weighted by Crippen LogP contribution is 2.17. The van der Waals surface area contributed by atoms with Crippen LogP contribution in [0.4, 0.5) is 0 Å². The summed E-state index contributed by atoms with van der Waals surface area (Å²) in [5.74, 6) is -0.275. The summed E-state index contributed by atoms with van der Waals surface area (Å²) in [7, 11) is 0. The fourth-order valence-electron chi connectivity index (χ4n) is 2.21. The molecule has 3 N–H and O–H groups in total. The van der Waals surface area contributed by atoms with Gasteiger partial charge in [0.05, 0.1) is 0 Å². The van der Waals surface area contributed by atoms with Gasteiger partial charge in [-0.3, -0.25) is 9.69 Å². The molecule has 19 heavy (non-hydrogen) atoms. The molecular formula is C14H20N2O3. The summed E-state index contributed by atoms with van der Waals surface area (Å²) in [4.78, 5) is 13.1. The van der Waals surface area contributed by atoms with Gasteiger partial charge in [0.1, 0.15) is 18.4 Å². The number of aliphatic carboxylic acids is 1. The van der Waals surface area contributed by atoms with Gasteiger partial charge in [-0.05, 0) is 43.6 Å². The molecule has 0 spiro atoms. The first-order chi connectivity index (χ1) is 9.16. The molecule has 0 bridgehead atoms. The lowest BCUT2D eigenvalue weighted by Gasteiger charge is -2.15. The maximum absolute atomic E-state index is 10.7. The predicted molar refractivity (Wildman–Crippen MR) is 72.2 cm³/mol. The van der Waals surface area contributed by atoms with E-state index in [0.717, 1.165) is 25.4 Å². The van der Waals surface area contributed by atoms with Gasteiger partial charge in [-0.15, -0.1) is 0 Å². The molecule has 1 heterocycles. The lowest BCUT2D eigenvalue weighted by Crippen LogP contribution is -2.25. The van der Waals surface area contributed by atoms with Crippen LogP contribution < -0.4 is 10.5 Å². The van der Waals surface area contributed by atoms with Gasteiger partial charge in [0.25, 0.3) is 0 Å². The average molecular weight is 264 g/mol. The van der Waals surface area contributed by atoms with Crippen LogP contribution >= 0.6 is 0 Å². The van der Waals surface area contributed by atoms with Crippen LogP contribution in [-0.2, 0) is 4.79 Å². The molecule has 1 aromatic rings. The number of carbonyl (C=O) groups is 1. The fraction of sp³-hybridized carbons (Fsp3) is 0.500. The van der Waals surface area contributed by atoms with Gasteiger partial charge >= 0.3 is 5.97 Å². The van der Waals surface area contributed by atoms with Crippen molar-refractivity contribution in [2.24, 2.45) is 5.73 Å². The Morgan fingerprint density at radius 2 is 1.95 bits per heavy atom. The van der Waals surface area contributed by atoms with Crippen molar-refractivity contribution in [2.45, 2.75) is 18.9 Å². The van der Waals surface area contributed by atoms with Crippen molar-refractivity contribution in [1.29, 1.82) is 0 Å². The molecule has 1 aromatic carbocycles. The van der Waals surface area contributed by atoms with Gasteiger partial charge in [0.2, 0.25) is 0 Å². The highest BCUT2D eigenvalue weighted by molar-refractivity contribution is 5.75. The molecule has 2 rings (SSSR count). The molecule has 1 atom stereocenters. The van der Waals surface area contributed by atoms with E-state index in [0.29, 0.717) is 12.2 Å². The first-order valence-corrected chi connectivity index (χ1v) is 6.60. The molecular weight excluding hydrogens is 244 g/mol. The molecule has 0 aromatic heterocycles. The Morgan fingerprint density at radius 1 is 1.32 bits per heavy atom. The van der Waals surface area contributed by atoms with E-state index in [1.807, 2.05) is 0 Å². The molecule has 1 saturated heterocycles. The van der Waals surface area contributed by atoms with Crippen molar-refractivity contribution in [3.8, 4) is 5.75 Å². The Labute approximate surface area is 113 Å². The van der Waals surface area contributed by atoms with E-state index in [1.165, 1.54) is 12.8 Å². The summed E-state index contributed by atoms with van der Waals surface area (Å²) in [5, 5.41) is 8.81. The van der Waals surface area contributed by atoms with Gasteiger partial charge < -0.3 is 15.6 Å². The third kappa shape index (κ3) is 3.94. The summed E-state index contributed by atoms with van der Waals surface area (Å²) < 4.78 is 5.63. The van der Waals surface area contributed by atoms with Crippen LogP contribution in [0.15, 0.2) is 24.3 Å². The lowest BCUT2D eigenvalue weighted by atomic mass is 10.1. The molecule has 0 saturated carbocycles. The Kier molecular flexibility index (Phi) is 4.76. The molecule has 104 valence electrons. The molecule has 5 heteroatoms. The zero-order valence-corrected chi connectivity index (χ0v) is 10.9. The fourth-order valence-corrected chi connectivity index (χ4v) is 2.21. The molecule has 0 amide bonds. The van der Waals surface area contributed by atoms with E-state index >= 15 is 0 Å². The molecule has 0 aliphatic carbocycles. The average Bonchev–Trinajstić information content (AvgIpc) is 2.92.